The number of hydrogen-bond donors (Lipinski definition) is 3. The molecule has 1 fully saturated rings. The molecule has 7 heteroatoms. The summed E-state index contributed by atoms with van der Waals surface area (Å²) in [6, 6.07) is 0.130. The maximum absolute atomic E-state index is 11.8. The zero-order chi connectivity index (χ0) is 17.1. The third-order valence-electron chi connectivity index (χ3n) is 4.10. The molecule has 132 valence electrons. The number of carbonyl (C=O) groups excluding carboxylic acids is 2. The molecule has 0 aromatic rings. The van der Waals surface area contributed by atoms with Crippen LogP contribution in [-0.4, -0.2) is 54.1 Å². The number of rotatable bonds is 9. The van der Waals surface area contributed by atoms with Crippen molar-refractivity contribution < 1.29 is 19.5 Å². The molecule has 3 amide bonds. The van der Waals surface area contributed by atoms with E-state index in [9.17, 15) is 14.4 Å². The zero-order valence-corrected chi connectivity index (χ0v) is 14.0. The van der Waals surface area contributed by atoms with Crippen molar-refractivity contribution in [1.82, 2.24) is 15.5 Å². The summed E-state index contributed by atoms with van der Waals surface area (Å²) in [6.07, 6.45) is 7.16. The van der Waals surface area contributed by atoms with E-state index in [2.05, 4.69) is 10.6 Å². The van der Waals surface area contributed by atoms with Gasteiger partial charge in [0.2, 0.25) is 5.91 Å². The normalized spacial score (nSPS) is 15.0. The van der Waals surface area contributed by atoms with Gasteiger partial charge in [0, 0.05) is 39.0 Å². The van der Waals surface area contributed by atoms with Gasteiger partial charge in [0.05, 0.1) is 0 Å². The molecule has 1 rings (SSSR count). The first-order chi connectivity index (χ1) is 11.0. The molecule has 0 unspecified atom stereocenters. The van der Waals surface area contributed by atoms with Crippen molar-refractivity contribution in [2.75, 3.05) is 20.1 Å². The minimum Gasteiger partial charge on any atom is -0.481 e. The van der Waals surface area contributed by atoms with Gasteiger partial charge in [-0.3, -0.25) is 9.59 Å². The van der Waals surface area contributed by atoms with Gasteiger partial charge in [0.1, 0.15) is 0 Å². The maximum Gasteiger partial charge on any atom is 0.315 e. The van der Waals surface area contributed by atoms with Crippen molar-refractivity contribution in [3.8, 4) is 0 Å². The second-order valence-electron chi connectivity index (χ2n) is 6.15. The third-order valence-corrected chi connectivity index (χ3v) is 4.10. The SMILES string of the molecule is CN(CCCC(=O)O)C(=O)CCCNC(=O)NC1CCCCC1. The lowest BCUT2D eigenvalue weighted by Gasteiger charge is -2.22. The molecule has 0 atom stereocenters. The molecular weight excluding hydrogens is 298 g/mol. The topological polar surface area (TPSA) is 98.7 Å². The minimum absolute atomic E-state index is 0.0233. The number of amides is 3. The number of nitrogens with one attached hydrogen (secondary N) is 2. The molecular formula is C16H29N3O4. The van der Waals surface area contributed by atoms with Crippen molar-refractivity contribution in [3.63, 3.8) is 0 Å². The Bertz CT molecular complexity index is 395. The summed E-state index contributed by atoms with van der Waals surface area (Å²) in [6.45, 7) is 0.911. The van der Waals surface area contributed by atoms with Crippen molar-refractivity contribution in [2.45, 2.75) is 63.8 Å². The highest BCUT2D eigenvalue weighted by molar-refractivity contribution is 5.76. The molecule has 7 nitrogen and oxygen atoms in total. The summed E-state index contributed by atoms with van der Waals surface area (Å²) in [4.78, 5) is 35.5. The molecule has 0 aliphatic heterocycles. The quantitative estimate of drug-likeness (QED) is 0.562. The van der Waals surface area contributed by atoms with Crippen LogP contribution in [0.4, 0.5) is 4.79 Å². The van der Waals surface area contributed by atoms with Gasteiger partial charge in [-0.05, 0) is 25.7 Å². The molecule has 1 saturated carbocycles. The lowest BCUT2D eigenvalue weighted by atomic mass is 9.96. The summed E-state index contributed by atoms with van der Waals surface area (Å²) in [5.74, 6) is -0.871. The largest absolute Gasteiger partial charge is 0.481 e. The van der Waals surface area contributed by atoms with E-state index in [4.69, 9.17) is 5.11 Å². The molecule has 1 aliphatic rings. The lowest BCUT2D eigenvalue weighted by Crippen LogP contribution is -2.43. The molecule has 0 aromatic carbocycles. The summed E-state index contributed by atoms with van der Waals surface area (Å²) >= 11 is 0. The van der Waals surface area contributed by atoms with Crippen LogP contribution >= 0.6 is 0 Å². The van der Waals surface area contributed by atoms with Gasteiger partial charge in [-0.15, -0.1) is 0 Å². The van der Waals surface area contributed by atoms with E-state index in [0.717, 1.165) is 12.8 Å². The van der Waals surface area contributed by atoms with E-state index in [1.54, 1.807) is 11.9 Å². The van der Waals surface area contributed by atoms with Crippen molar-refractivity contribution >= 4 is 17.9 Å². The second-order valence-corrected chi connectivity index (χ2v) is 6.15. The molecule has 0 heterocycles. The summed E-state index contributed by atoms with van der Waals surface area (Å²) in [5.41, 5.74) is 0. The fourth-order valence-electron chi connectivity index (χ4n) is 2.71. The Hall–Kier alpha value is -1.79. The Kier molecular flexibility index (Phi) is 9.09. The van der Waals surface area contributed by atoms with Gasteiger partial charge in [-0.25, -0.2) is 4.79 Å². The average molecular weight is 327 g/mol. The Morgan fingerprint density at radius 3 is 2.43 bits per heavy atom. The van der Waals surface area contributed by atoms with Gasteiger partial charge in [0.25, 0.3) is 0 Å². The van der Waals surface area contributed by atoms with Crippen LogP contribution in [-0.2, 0) is 9.59 Å². The van der Waals surface area contributed by atoms with Crippen LogP contribution in [0.5, 0.6) is 0 Å². The predicted octanol–water partition coefficient (Wildman–Crippen LogP) is 1.72. The molecule has 0 spiro atoms. The van der Waals surface area contributed by atoms with E-state index in [1.165, 1.54) is 19.3 Å². The molecule has 1 aliphatic carbocycles. The molecule has 0 saturated heterocycles. The van der Waals surface area contributed by atoms with Gasteiger partial charge in [0.15, 0.2) is 0 Å². The first-order valence-electron chi connectivity index (χ1n) is 8.49. The number of aliphatic carboxylic acids is 1. The number of carbonyl (C=O) groups is 3. The van der Waals surface area contributed by atoms with E-state index >= 15 is 0 Å². The van der Waals surface area contributed by atoms with Gasteiger partial charge in [-0.1, -0.05) is 19.3 Å². The van der Waals surface area contributed by atoms with E-state index < -0.39 is 5.97 Å². The smallest absolute Gasteiger partial charge is 0.315 e. The van der Waals surface area contributed by atoms with Crippen LogP contribution in [0.25, 0.3) is 0 Å². The number of hydrogen-bond acceptors (Lipinski definition) is 3. The van der Waals surface area contributed by atoms with Crippen LogP contribution in [0.2, 0.25) is 0 Å². The van der Waals surface area contributed by atoms with Crippen LogP contribution in [0.1, 0.15) is 57.8 Å². The van der Waals surface area contributed by atoms with Crippen molar-refractivity contribution in [1.29, 1.82) is 0 Å². The minimum atomic E-state index is -0.848. The van der Waals surface area contributed by atoms with Crippen LogP contribution in [0, 0.1) is 0 Å². The summed E-state index contributed by atoms with van der Waals surface area (Å²) in [7, 11) is 1.67. The standard InChI is InChI=1S/C16H29N3O4/c1-19(12-6-10-15(21)22)14(20)9-5-11-17-16(23)18-13-7-3-2-4-8-13/h13H,2-12H2,1H3,(H,21,22)(H2,17,18,23). The predicted molar refractivity (Wildman–Crippen MR) is 87.1 cm³/mol. The highest BCUT2D eigenvalue weighted by Gasteiger charge is 2.15. The van der Waals surface area contributed by atoms with Gasteiger partial charge >= 0.3 is 12.0 Å². The number of urea groups is 1. The van der Waals surface area contributed by atoms with E-state index in [1.807, 2.05) is 0 Å². The first-order valence-corrected chi connectivity index (χ1v) is 8.49. The Balaban J connectivity index is 2.05. The maximum atomic E-state index is 11.8. The zero-order valence-electron chi connectivity index (χ0n) is 14.0. The molecule has 3 N–H and O–H groups in total. The molecule has 0 bridgehead atoms. The van der Waals surface area contributed by atoms with Gasteiger partial charge in [-0.2, -0.15) is 0 Å². The molecule has 23 heavy (non-hydrogen) atoms. The Labute approximate surface area is 137 Å². The summed E-state index contributed by atoms with van der Waals surface area (Å²) < 4.78 is 0. The van der Waals surface area contributed by atoms with E-state index in [0.29, 0.717) is 32.4 Å². The second kappa shape index (κ2) is 10.9. The van der Waals surface area contributed by atoms with Crippen molar-refractivity contribution in [2.24, 2.45) is 0 Å². The number of nitrogens with zero attached hydrogens (tertiary/aromatic N) is 1. The van der Waals surface area contributed by atoms with Crippen LogP contribution < -0.4 is 10.6 Å². The number of carboxylic acids is 1. The fraction of sp³-hybridized carbons (Fsp3) is 0.812. The third kappa shape index (κ3) is 9.05. The highest BCUT2D eigenvalue weighted by Crippen LogP contribution is 2.17. The molecule has 0 radical (unpaired) electrons. The van der Waals surface area contributed by atoms with Gasteiger partial charge < -0.3 is 20.6 Å². The monoisotopic (exact) mass is 327 g/mol. The fourth-order valence-corrected chi connectivity index (χ4v) is 2.71. The van der Waals surface area contributed by atoms with Crippen LogP contribution in [0.3, 0.4) is 0 Å². The number of carboxylic acid groups (broad SMARTS) is 1. The first kappa shape index (κ1) is 19.3. The Morgan fingerprint density at radius 1 is 1.09 bits per heavy atom. The van der Waals surface area contributed by atoms with Crippen LogP contribution in [0.15, 0.2) is 0 Å². The summed E-state index contributed by atoms with van der Waals surface area (Å²) in [5, 5.41) is 14.3. The highest BCUT2D eigenvalue weighted by atomic mass is 16.4. The molecule has 0 aromatic heterocycles. The Morgan fingerprint density at radius 2 is 1.78 bits per heavy atom. The average Bonchev–Trinajstić information content (AvgIpc) is 2.51. The van der Waals surface area contributed by atoms with E-state index in [-0.39, 0.29) is 24.4 Å². The lowest BCUT2D eigenvalue weighted by molar-refractivity contribution is -0.138. The van der Waals surface area contributed by atoms with Crippen molar-refractivity contribution in [3.05, 3.63) is 0 Å².